The molecule has 0 bridgehead atoms. The van der Waals surface area contributed by atoms with Gasteiger partial charge in [-0.1, -0.05) is 6.07 Å². The van der Waals surface area contributed by atoms with Gasteiger partial charge < -0.3 is 20.5 Å². The van der Waals surface area contributed by atoms with Crippen LogP contribution >= 0.6 is 0 Å². The zero-order chi connectivity index (χ0) is 14.7. The Kier molecular flexibility index (Phi) is 4.24. The van der Waals surface area contributed by atoms with E-state index in [2.05, 4.69) is 10.6 Å². The molecule has 2 aliphatic rings. The molecule has 1 saturated heterocycles. The van der Waals surface area contributed by atoms with Gasteiger partial charge in [-0.05, 0) is 36.2 Å². The van der Waals surface area contributed by atoms with Crippen molar-refractivity contribution in [2.24, 2.45) is 0 Å². The zero-order valence-corrected chi connectivity index (χ0v) is 12.2. The van der Waals surface area contributed by atoms with Crippen molar-refractivity contribution in [2.45, 2.75) is 31.4 Å². The van der Waals surface area contributed by atoms with Crippen molar-refractivity contribution < 1.29 is 14.6 Å². The van der Waals surface area contributed by atoms with Crippen LogP contribution in [-0.2, 0) is 17.7 Å². The van der Waals surface area contributed by atoms with E-state index < -0.39 is 5.60 Å². The van der Waals surface area contributed by atoms with Gasteiger partial charge in [0.25, 0.3) is 5.91 Å². The highest BCUT2D eigenvalue weighted by Gasteiger charge is 2.30. The van der Waals surface area contributed by atoms with E-state index in [9.17, 15) is 9.90 Å². The van der Waals surface area contributed by atoms with Gasteiger partial charge in [0.05, 0.1) is 5.60 Å². The summed E-state index contributed by atoms with van der Waals surface area (Å²) in [5.41, 5.74) is 2.34. The lowest BCUT2D eigenvalue weighted by molar-refractivity contribution is -0.0605. The Morgan fingerprint density at radius 2 is 2.14 bits per heavy atom. The molecule has 3 N–H and O–H groups in total. The topological polar surface area (TPSA) is 70.6 Å². The molecule has 0 unspecified atom stereocenters. The maximum atomic E-state index is 12.2. The van der Waals surface area contributed by atoms with E-state index in [0.717, 1.165) is 19.5 Å². The molecule has 1 fully saturated rings. The molecule has 1 amide bonds. The number of rotatable bonds is 3. The van der Waals surface area contributed by atoms with Crippen molar-refractivity contribution in [3.63, 3.8) is 0 Å². The molecule has 1 aromatic carbocycles. The molecule has 5 nitrogen and oxygen atoms in total. The fraction of sp³-hybridized carbons (Fsp3) is 0.562. The van der Waals surface area contributed by atoms with Crippen LogP contribution in [0, 0.1) is 0 Å². The number of benzene rings is 1. The Labute approximate surface area is 124 Å². The Hall–Kier alpha value is -1.43. The van der Waals surface area contributed by atoms with Gasteiger partial charge in [0, 0.05) is 44.7 Å². The summed E-state index contributed by atoms with van der Waals surface area (Å²) in [5, 5.41) is 16.5. The highest BCUT2D eigenvalue weighted by Crippen LogP contribution is 2.20. The Bertz CT molecular complexity index is 524. The van der Waals surface area contributed by atoms with Gasteiger partial charge in [-0.3, -0.25) is 4.79 Å². The van der Waals surface area contributed by atoms with Crippen LogP contribution in [0.5, 0.6) is 0 Å². The summed E-state index contributed by atoms with van der Waals surface area (Å²) in [6.07, 6.45) is 2.15. The van der Waals surface area contributed by atoms with E-state index in [-0.39, 0.29) is 12.5 Å². The molecule has 3 rings (SSSR count). The molecule has 0 saturated carbocycles. The molecule has 21 heavy (non-hydrogen) atoms. The second-order valence-electron chi connectivity index (χ2n) is 5.93. The van der Waals surface area contributed by atoms with Gasteiger partial charge in [0.15, 0.2) is 0 Å². The average molecular weight is 290 g/mol. The predicted octanol–water partition coefficient (Wildman–Crippen LogP) is 0.604. The monoisotopic (exact) mass is 290 g/mol. The van der Waals surface area contributed by atoms with Gasteiger partial charge in [0.2, 0.25) is 0 Å². The third-order valence-electron chi connectivity index (χ3n) is 4.36. The second kappa shape index (κ2) is 6.13. The molecule has 1 aromatic rings. The van der Waals surface area contributed by atoms with E-state index in [0.29, 0.717) is 31.6 Å². The van der Waals surface area contributed by atoms with Gasteiger partial charge in [0.1, 0.15) is 0 Å². The van der Waals surface area contributed by atoms with Crippen LogP contribution < -0.4 is 10.6 Å². The van der Waals surface area contributed by atoms with Crippen LogP contribution in [0.2, 0.25) is 0 Å². The smallest absolute Gasteiger partial charge is 0.251 e. The first-order valence-corrected chi connectivity index (χ1v) is 7.57. The van der Waals surface area contributed by atoms with Gasteiger partial charge in [-0.25, -0.2) is 0 Å². The molecular formula is C16H22N2O3. The van der Waals surface area contributed by atoms with Crippen molar-refractivity contribution in [1.82, 2.24) is 10.6 Å². The zero-order valence-electron chi connectivity index (χ0n) is 12.2. The number of amides is 1. The molecule has 0 spiro atoms. The summed E-state index contributed by atoms with van der Waals surface area (Å²) in [6.45, 7) is 3.20. The Morgan fingerprint density at radius 3 is 2.95 bits per heavy atom. The highest BCUT2D eigenvalue weighted by molar-refractivity contribution is 5.94. The van der Waals surface area contributed by atoms with Crippen LogP contribution in [0.25, 0.3) is 0 Å². The van der Waals surface area contributed by atoms with Crippen LogP contribution in [0.15, 0.2) is 18.2 Å². The lowest BCUT2D eigenvalue weighted by Gasteiger charge is -2.32. The standard InChI is InChI=1S/C16H22N2O3/c19-15(18-11-16(20)4-7-21-8-5-16)13-2-1-12-3-6-17-10-14(12)9-13/h1-2,9,17,20H,3-8,10-11H2,(H,18,19). The molecule has 5 heteroatoms. The van der Waals surface area contributed by atoms with Crippen molar-refractivity contribution >= 4 is 5.91 Å². The number of hydrogen-bond donors (Lipinski definition) is 3. The van der Waals surface area contributed by atoms with Crippen LogP contribution in [-0.4, -0.2) is 42.9 Å². The summed E-state index contributed by atoms with van der Waals surface area (Å²) in [6, 6.07) is 5.85. The first kappa shape index (κ1) is 14.5. The first-order chi connectivity index (χ1) is 10.2. The fourth-order valence-electron chi connectivity index (χ4n) is 2.90. The first-order valence-electron chi connectivity index (χ1n) is 7.57. The number of hydrogen-bond acceptors (Lipinski definition) is 4. The van der Waals surface area contributed by atoms with Gasteiger partial charge in [-0.15, -0.1) is 0 Å². The maximum absolute atomic E-state index is 12.2. The quantitative estimate of drug-likeness (QED) is 0.762. The van der Waals surface area contributed by atoms with E-state index in [1.165, 1.54) is 11.1 Å². The lowest BCUT2D eigenvalue weighted by atomic mass is 9.94. The number of fused-ring (bicyclic) bond motifs is 1. The summed E-state index contributed by atoms with van der Waals surface area (Å²) >= 11 is 0. The van der Waals surface area contributed by atoms with E-state index in [1.807, 2.05) is 18.2 Å². The Balaban J connectivity index is 1.62. The molecule has 0 aliphatic carbocycles. The summed E-state index contributed by atoms with van der Waals surface area (Å²) in [5.74, 6) is -0.122. The number of aliphatic hydroxyl groups is 1. The normalized spacial score (nSPS) is 20.6. The van der Waals surface area contributed by atoms with Gasteiger partial charge in [-0.2, -0.15) is 0 Å². The highest BCUT2D eigenvalue weighted by atomic mass is 16.5. The number of carbonyl (C=O) groups is 1. The van der Waals surface area contributed by atoms with E-state index in [1.54, 1.807) is 0 Å². The van der Waals surface area contributed by atoms with E-state index in [4.69, 9.17) is 4.74 Å². The number of ether oxygens (including phenoxy) is 1. The van der Waals surface area contributed by atoms with Gasteiger partial charge >= 0.3 is 0 Å². The molecule has 2 heterocycles. The summed E-state index contributed by atoms with van der Waals surface area (Å²) in [7, 11) is 0. The minimum atomic E-state index is -0.830. The molecule has 2 aliphatic heterocycles. The van der Waals surface area contributed by atoms with Crippen molar-refractivity contribution in [3.8, 4) is 0 Å². The van der Waals surface area contributed by atoms with Crippen molar-refractivity contribution in [1.29, 1.82) is 0 Å². The fourth-order valence-corrected chi connectivity index (χ4v) is 2.90. The molecule has 0 radical (unpaired) electrons. The van der Waals surface area contributed by atoms with Crippen LogP contribution in [0.3, 0.4) is 0 Å². The molecular weight excluding hydrogens is 268 g/mol. The predicted molar refractivity (Wildman–Crippen MR) is 79.2 cm³/mol. The minimum Gasteiger partial charge on any atom is -0.388 e. The minimum absolute atomic E-state index is 0.122. The van der Waals surface area contributed by atoms with Crippen molar-refractivity contribution in [2.75, 3.05) is 26.3 Å². The summed E-state index contributed by atoms with van der Waals surface area (Å²) < 4.78 is 5.24. The Morgan fingerprint density at radius 1 is 1.33 bits per heavy atom. The third kappa shape index (κ3) is 3.43. The molecule has 0 atom stereocenters. The largest absolute Gasteiger partial charge is 0.388 e. The SMILES string of the molecule is O=C(NCC1(O)CCOCC1)c1ccc2c(c1)CNCC2. The molecule has 0 aromatic heterocycles. The maximum Gasteiger partial charge on any atom is 0.251 e. The van der Waals surface area contributed by atoms with Crippen LogP contribution in [0.4, 0.5) is 0 Å². The number of nitrogens with one attached hydrogen (secondary N) is 2. The summed E-state index contributed by atoms with van der Waals surface area (Å²) in [4.78, 5) is 12.2. The molecule has 114 valence electrons. The van der Waals surface area contributed by atoms with E-state index >= 15 is 0 Å². The third-order valence-corrected chi connectivity index (χ3v) is 4.36. The van der Waals surface area contributed by atoms with Crippen molar-refractivity contribution in [3.05, 3.63) is 34.9 Å². The second-order valence-corrected chi connectivity index (χ2v) is 5.93. The average Bonchev–Trinajstić information content (AvgIpc) is 2.53. The number of carbonyl (C=O) groups excluding carboxylic acids is 1. The van der Waals surface area contributed by atoms with Crippen LogP contribution in [0.1, 0.15) is 34.3 Å². The lowest BCUT2D eigenvalue weighted by Crippen LogP contribution is -2.46.